The summed E-state index contributed by atoms with van der Waals surface area (Å²) < 4.78 is 5.08. The van der Waals surface area contributed by atoms with Gasteiger partial charge in [-0.1, -0.05) is 0 Å². The lowest BCUT2D eigenvalue weighted by Crippen LogP contribution is -2.34. The number of dihydropyridines is 1. The number of aromatic hydroxyl groups is 1. The lowest BCUT2D eigenvalue weighted by atomic mass is 10.1. The molecule has 26 heavy (non-hydrogen) atoms. The number of carbonyl (C=O) groups is 2. The molecule has 1 aromatic rings. The Morgan fingerprint density at radius 2 is 2.12 bits per heavy atom. The second-order valence-electron chi connectivity index (χ2n) is 5.98. The first-order valence-electron chi connectivity index (χ1n) is 7.98. The number of aliphatic imine (C=N–C) groups is 1. The molecule has 0 fully saturated rings. The van der Waals surface area contributed by atoms with Crippen LogP contribution in [-0.2, 0) is 16.0 Å². The second kappa shape index (κ2) is 6.91. The zero-order chi connectivity index (χ0) is 18.8. The van der Waals surface area contributed by atoms with Gasteiger partial charge in [0.05, 0.1) is 7.11 Å². The SMILES string of the molecule is COc1cc2c(cc1O)N(/C=C/C1=CC(C(=O)O)=NCC1)[C@H](C(=O)O)C2. The highest BCUT2D eigenvalue weighted by atomic mass is 16.5. The van der Waals surface area contributed by atoms with Gasteiger partial charge in [-0.15, -0.1) is 0 Å². The maximum absolute atomic E-state index is 11.6. The summed E-state index contributed by atoms with van der Waals surface area (Å²) in [7, 11) is 1.43. The minimum absolute atomic E-state index is 0.0186. The molecule has 0 saturated carbocycles. The number of ether oxygens (including phenoxy) is 1. The highest BCUT2D eigenvalue weighted by molar-refractivity contribution is 6.40. The molecule has 0 radical (unpaired) electrons. The number of rotatable bonds is 5. The van der Waals surface area contributed by atoms with E-state index in [0.717, 1.165) is 11.1 Å². The molecule has 0 aromatic heterocycles. The molecule has 2 heterocycles. The molecule has 3 rings (SSSR count). The number of hydrogen-bond donors (Lipinski definition) is 3. The molecule has 0 unspecified atom stereocenters. The van der Waals surface area contributed by atoms with Crippen LogP contribution in [0, 0.1) is 0 Å². The zero-order valence-corrected chi connectivity index (χ0v) is 14.0. The Balaban J connectivity index is 1.93. The van der Waals surface area contributed by atoms with E-state index in [9.17, 15) is 19.8 Å². The van der Waals surface area contributed by atoms with Gasteiger partial charge in [0.2, 0.25) is 0 Å². The second-order valence-corrected chi connectivity index (χ2v) is 5.98. The summed E-state index contributed by atoms with van der Waals surface area (Å²) in [6.45, 7) is 0.370. The molecule has 8 heteroatoms. The third-order valence-corrected chi connectivity index (χ3v) is 4.37. The first-order chi connectivity index (χ1) is 12.4. The van der Waals surface area contributed by atoms with Crippen molar-refractivity contribution in [2.45, 2.75) is 18.9 Å². The van der Waals surface area contributed by atoms with Crippen LogP contribution in [0.4, 0.5) is 5.69 Å². The third kappa shape index (κ3) is 3.26. The van der Waals surface area contributed by atoms with Crippen LogP contribution >= 0.6 is 0 Å². The average Bonchev–Trinajstić information content (AvgIpc) is 2.97. The summed E-state index contributed by atoms with van der Waals surface area (Å²) in [6.07, 6.45) is 5.60. The van der Waals surface area contributed by atoms with Crippen molar-refractivity contribution < 1.29 is 29.6 Å². The van der Waals surface area contributed by atoms with Crippen molar-refractivity contribution >= 4 is 23.3 Å². The number of anilines is 1. The molecular formula is C18H18N2O6. The van der Waals surface area contributed by atoms with Gasteiger partial charge in [0.1, 0.15) is 11.8 Å². The number of fused-ring (bicyclic) bond motifs is 1. The average molecular weight is 358 g/mol. The van der Waals surface area contributed by atoms with E-state index in [-0.39, 0.29) is 23.6 Å². The normalized spacial score (nSPS) is 19.1. The van der Waals surface area contributed by atoms with E-state index in [1.165, 1.54) is 19.3 Å². The van der Waals surface area contributed by atoms with Gasteiger partial charge >= 0.3 is 11.9 Å². The summed E-state index contributed by atoms with van der Waals surface area (Å²) >= 11 is 0. The zero-order valence-electron chi connectivity index (χ0n) is 14.0. The Labute approximate surface area is 149 Å². The van der Waals surface area contributed by atoms with E-state index in [2.05, 4.69) is 4.99 Å². The minimum atomic E-state index is -1.09. The quantitative estimate of drug-likeness (QED) is 0.731. The summed E-state index contributed by atoms with van der Waals surface area (Å²) in [5.41, 5.74) is 2.06. The summed E-state index contributed by atoms with van der Waals surface area (Å²) in [4.78, 5) is 28.1. The number of phenols is 1. The number of carboxylic acids is 2. The summed E-state index contributed by atoms with van der Waals surface area (Å²) in [5.74, 6) is -1.87. The number of allylic oxidation sites excluding steroid dienone is 1. The molecule has 1 aromatic carbocycles. The molecule has 2 aliphatic heterocycles. The van der Waals surface area contributed by atoms with Gasteiger partial charge < -0.3 is 25.0 Å². The van der Waals surface area contributed by atoms with E-state index in [0.29, 0.717) is 18.7 Å². The number of aliphatic carboxylic acids is 2. The monoisotopic (exact) mass is 358 g/mol. The van der Waals surface area contributed by atoms with E-state index < -0.39 is 18.0 Å². The molecule has 3 N–H and O–H groups in total. The topological polar surface area (TPSA) is 120 Å². The fraction of sp³-hybridized carbons (Fsp3) is 0.278. The number of phenolic OH excluding ortho intramolecular Hbond substituents is 1. The van der Waals surface area contributed by atoms with Crippen LogP contribution in [0.15, 0.2) is 41.1 Å². The molecule has 0 aliphatic carbocycles. The fourth-order valence-corrected chi connectivity index (χ4v) is 3.07. The minimum Gasteiger partial charge on any atom is -0.504 e. The van der Waals surface area contributed by atoms with Crippen molar-refractivity contribution in [3.8, 4) is 11.5 Å². The van der Waals surface area contributed by atoms with Crippen LogP contribution in [0.3, 0.4) is 0 Å². The van der Waals surface area contributed by atoms with Crippen molar-refractivity contribution in [3.63, 3.8) is 0 Å². The lowest BCUT2D eigenvalue weighted by molar-refractivity contribution is -0.138. The summed E-state index contributed by atoms with van der Waals surface area (Å²) in [6, 6.07) is 2.29. The largest absolute Gasteiger partial charge is 0.504 e. The van der Waals surface area contributed by atoms with Gasteiger partial charge in [-0.2, -0.15) is 0 Å². The smallest absolute Gasteiger partial charge is 0.354 e. The van der Waals surface area contributed by atoms with E-state index in [4.69, 9.17) is 9.84 Å². The first-order valence-corrected chi connectivity index (χ1v) is 7.98. The predicted molar refractivity (Wildman–Crippen MR) is 94.0 cm³/mol. The van der Waals surface area contributed by atoms with Gasteiger partial charge in [-0.25, -0.2) is 9.59 Å². The van der Waals surface area contributed by atoms with E-state index >= 15 is 0 Å². The molecule has 1 atom stereocenters. The first kappa shape index (κ1) is 17.5. The Morgan fingerprint density at radius 3 is 2.77 bits per heavy atom. The summed E-state index contributed by atoms with van der Waals surface area (Å²) in [5, 5.41) is 28.6. The van der Waals surface area contributed by atoms with Crippen molar-refractivity contribution in [1.29, 1.82) is 0 Å². The number of benzene rings is 1. The third-order valence-electron chi connectivity index (χ3n) is 4.37. The Kier molecular flexibility index (Phi) is 4.66. The molecule has 136 valence electrons. The molecule has 8 nitrogen and oxygen atoms in total. The fourth-order valence-electron chi connectivity index (χ4n) is 3.07. The molecule has 2 aliphatic rings. The van der Waals surface area contributed by atoms with Crippen LogP contribution in [0.2, 0.25) is 0 Å². The highest BCUT2D eigenvalue weighted by Crippen LogP contribution is 2.40. The maximum atomic E-state index is 11.6. The van der Waals surface area contributed by atoms with E-state index in [1.54, 1.807) is 23.2 Å². The van der Waals surface area contributed by atoms with Gasteiger partial charge in [-0.05, 0) is 35.8 Å². The number of carboxylic acid groups (broad SMARTS) is 2. The maximum Gasteiger partial charge on any atom is 0.354 e. The van der Waals surface area contributed by atoms with Crippen LogP contribution in [0.1, 0.15) is 12.0 Å². The van der Waals surface area contributed by atoms with Crippen LogP contribution in [0.25, 0.3) is 0 Å². The number of nitrogens with zero attached hydrogens (tertiary/aromatic N) is 2. The van der Waals surface area contributed by atoms with Crippen LogP contribution in [-0.4, -0.2) is 52.7 Å². The van der Waals surface area contributed by atoms with Crippen molar-refractivity contribution in [3.05, 3.63) is 41.6 Å². The van der Waals surface area contributed by atoms with Gasteiger partial charge in [0.15, 0.2) is 11.5 Å². The van der Waals surface area contributed by atoms with Crippen molar-refractivity contribution in [2.24, 2.45) is 4.99 Å². The molecule has 0 spiro atoms. The molecule has 0 saturated heterocycles. The Morgan fingerprint density at radius 1 is 1.35 bits per heavy atom. The van der Waals surface area contributed by atoms with Gasteiger partial charge in [-0.3, -0.25) is 4.99 Å². The van der Waals surface area contributed by atoms with Crippen LogP contribution in [0.5, 0.6) is 11.5 Å². The van der Waals surface area contributed by atoms with Crippen LogP contribution < -0.4 is 9.64 Å². The molecular weight excluding hydrogens is 340 g/mol. The van der Waals surface area contributed by atoms with Crippen molar-refractivity contribution in [1.82, 2.24) is 0 Å². The lowest BCUT2D eigenvalue weighted by Gasteiger charge is -2.21. The Bertz CT molecular complexity index is 855. The predicted octanol–water partition coefficient (Wildman–Crippen LogP) is 1.59. The van der Waals surface area contributed by atoms with E-state index in [1.807, 2.05) is 0 Å². The Hall–Kier alpha value is -3.29. The van der Waals surface area contributed by atoms with Gasteiger partial charge in [0.25, 0.3) is 0 Å². The van der Waals surface area contributed by atoms with Gasteiger partial charge in [0, 0.05) is 30.9 Å². The standard InChI is InChI=1S/C18H18N2O6/c1-26-16-8-11-7-14(18(24)25)20(13(11)9-15(16)21)5-3-10-2-4-19-12(6-10)17(22)23/h3,5-6,8-9,14,21H,2,4,7H2,1H3,(H,22,23)(H,24,25)/b5-3+/t14-/m0/s1. The highest BCUT2D eigenvalue weighted by Gasteiger charge is 2.34. The molecule has 0 amide bonds. The number of hydrogen-bond acceptors (Lipinski definition) is 6. The number of methoxy groups -OCH3 is 1. The van der Waals surface area contributed by atoms with Crippen molar-refractivity contribution in [2.75, 3.05) is 18.6 Å². The molecule has 0 bridgehead atoms.